The fraction of sp³-hybridized carbons (Fsp3) is 0.722. The highest BCUT2D eigenvalue weighted by atomic mass is 35.5. The van der Waals surface area contributed by atoms with Crippen molar-refractivity contribution < 1.29 is 9.59 Å². The average molecular weight is 452 g/mol. The maximum Gasteiger partial charge on any atom is 0.273 e. The van der Waals surface area contributed by atoms with Crippen molar-refractivity contribution in [2.75, 3.05) is 45.8 Å². The summed E-state index contributed by atoms with van der Waals surface area (Å²) in [5, 5.41) is 2.73. The van der Waals surface area contributed by atoms with E-state index in [1.54, 1.807) is 0 Å². The van der Waals surface area contributed by atoms with E-state index in [9.17, 15) is 9.59 Å². The maximum absolute atomic E-state index is 12.6. The Morgan fingerprint density at radius 1 is 1.18 bits per heavy atom. The van der Waals surface area contributed by atoms with Crippen LogP contribution in [0.3, 0.4) is 0 Å². The fourth-order valence-electron chi connectivity index (χ4n) is 3.67. The molecule has 0 spiro atoms. The fourth-order valence-corrected chi connectivity index (χ4v) is 4.46. The Morgan fingerprint density at radius 2 is 1.89 bits per heavy atom. The molecule has 2 amide bonds. The van der Waals surface area contributed by atoms with Crippen LogP contribution in [0.25, 0.3) is 0 Å². The lowest BCUT2D eigenvalue weighted by Gasteiger charge is -2.37. The first-order chi connectivity index (χ1) is 12.6. The first-order valence-electron chi connectivity index (χ1n) is 9.54. The number of carbonyl (C=O) groups is 2. The SMILES string of the molecule is CC1CCCCN1C(=O)CN1CCN(C(=O)c2csc(CCN)n2)CC1.Cl.Cl. The number of piperazine rings is 1. The molecule has 2 saturated heterocycles. The predicted molar refractivity (Wildman–Crippen MR) is 117 cm³/mol. The summed E-state index contributed by atoms with van der Waals surface area (Å²) in [6.07, 6.45) is 4.14. The molecule has 3 rings (SSSR count). The van der Waals surface area contributed by atoms with Crippen LogP contribution in [0.15, 0.2) is 5.38 Å². The Labute approximate surface area is 183 Å². The summed E-state index contributed by atoms with van der Waals surface area (Å²) >= 11 is 1.49. The zero-order valence-electron chi connectivity index (χ0n) is 16.3. The van der Waals surface area contributed by atoms with Gasteiger partial charge in [-0.25, -0.2) is 4.98 Å². The highest BCUT2D eigenvalue weighted by Gasteiger charge is 2.28. The number of nitrogens with zero attached hydrogens (tertiary/aromatic N) is 4. The summed E-state index contributed by atoms with van der Waals surface area (Å²) in [7, 11) is 0. The molecule has 2 aliphatic rings. The molecule has 0 aromatic carbocycles. The molecule has 0 aliphatic carbocycles. The van der Waals surface area contributed by atoms with Gasteiger partial charge in [-0.3, -0.25) is 14.5 Å². The van der Waals surface area contributed by atoms with E-state index < -0.39 is 0 Å². The second kappa shape index (κ2) is 11.9. The highest BCUT2D eigenvalue weighted by molar-refractivity contribution is 7.09. The van der Waals surface area contributed by atoms with Crippen molar-refractivity contribution in [2.24, 2.45) is 5.73 Å². The number of aromatic nitrogens is 1. The van der Waals surface area contributed by atoms with Gasteiger partial charge in [-0.1, -0.05) is 0 Å². The summed E-state index contributed by atoms with van der Waals surface area (Å²) in [5.41, 5.74) is 6.06. The molecule has 1 unspecified atom stereocenters. The summed E-state index contributed by atoms with van der Waals surface area (Å²) in [6, 6.07) is 0.353. The van der Waals surface area contributed by atoms with Crippen LogP contribution in [-0.2, 0) is 11.2 Å². The lowest BCUT2D eigenvalue weighted by Crippen LogP contribution is -2.53. The second-order valence-electron chi connectivity index (χ2n) is 7.17. The van der Waals surface area contributed by atoms with Gasteiger partial charge in [0.15, 0.2) is 0 Å². The van der Waals surface area contributed by atoms with Gasteiger partial charge in [0.05, 0.1) is 11.6 Å². The van der Waals surface area contributed by atoms with Crippen LogP contribution in [0.4, 0.5) is 0 Å². The third kappa shape index (κ3) is 6.29. The lowest BCUT2D eigenvalue weighted by molar-refractivity contribution is -0.136. The maximum atomic E-state index is 12.6. The Morgan fingerprint density at radius 3 is 2.54 bits per heavy atom. The zero-order valence-corrected chi connectivity index (χ0v) is 18.8. The number of hydrogen-bond acceptors (Lipinski definition) is 6. The number of amides is 2. The third-order valence-electron chi connectivity index (χ3n) is 5.27. The number of likely N-dealkylation sites (tertiary alicyclic amines) is 1. The average Bonchev–Trinajstić information content (AvgIpc) is 3.11. The summed E-state index contributed by atoms with van der Waals surface area (Å²) < 4.78 is 0. The number of piperidine rings is 1. The number of carbonyl (C=O) groups excluding carboxylic acids is 2. The summed E-state index contributed by atoms with van der Waals surface area (Å²) in [5.74, 6) is 0.211. The molecule has 1 aromatic heterocycles. The number of hydrogen-bond donors (Lipinski definition) is 1. The predicted octanol–water partition coefficient (Wildman–Crippen LogP) is 1.65. The Hall–Kier alpha value is -0.930. The Balaban J connectivity index is 0.00000196. The van der Waals surface area contributed by atoms with Crippen molar-refractivity contribution in [2.45, 2.75) is 38.6 Å². The molecule has 7 nitrogen and oxygen atoms in total. The van der Waals surface area contributed by atoms with Gasteiger partial charge >= 0.3 is 0 Å². The van der Waals surface area contributed by atoms with Gasteiger partial charge < -0.3 is 15.5 Å². The summed E-state index contributed by atoms with van der Waals surface area (Å²) in [4.78, 5) is 35.6. The molecule has 160 valence electrons. The molecule has 2 fully saturated rings. The van der Waals surface area contributed by atoms with Crippen molar-refractivity contribution in [3.63, 3.8) is 0 Å². The van der Waals surface area contributed by atoms with Crippen LogP contribution in [0, 0.1) is 0 Å². The summed E-state index contributed by atoms with van der Waals surface area (Å²) in [6.45, 7) is 6.79. The van der Waals surface area contributed by atoms with Crippen LogP contribution >= 0.6 is 36.2 Å². The molecule has 0 saturated carbocycles. The molecule has 28 heavy (non-hydrogen) atoms. The van der Waals surface area contributed by atoms with Crippen LogP contribution in [0.1, 0.15) is 41.7 Å². The smallest absolute Gasteiger partial charge is 0.273 e. The van der Waals surface area contributed by atoms with Crippen LogP contribution in [-0.4, -0.2) is 83.4 Å². The minimum absolute atomic E-state index is 0. The van der Waals surface area contributed by atoms with E-state index in [0.29, 0.717) is 44.3 Å². The van der Waals surface area contributed by atoms with E-state index in [4.69, 9.17) is 5.73 Å². The number of thiazole rings is 1. The molecule has 2 aliphatic heterocycles. The van der Waals surface area contributed by atoms with E-state index in [1.807, 2.05) is 15.2 Å². The molecule has 1 atom stereocenters. The first kappa shape index (κ1) is 25.1. The Bertz CT molecular complexity index is 637. The third-order valence-corrected chi connectivity index (χ3v) is 6.18. The van der Waals surface area contributed by atoms with Gasteiger partial charge in [0.2, 0.25) is 5.91 Å². The van der Waals surface area contributed by atoms with Gasteiger partial charge in [-0.05, 0) is 32.7 Å². The van der Waals surface area contributed by atoms with Gasteiger partial charge in [0, 0.05) is 50.6 Å². The van der Waals surface area contributed by atoms with Gasteiger partial charge in [0.25, 0.3) is 5.91 Å². The van der Waals surface area contributed by atoms with E-state index >= 15 is 0 Å². The Kier molecular flexibility index (Phi) is 10.7. The van der Waals surface area contributed by atoms with E-state index in [0.717, 1.165) is 37.5 Å². The lowest BCUT2D eigenvalue weighted by atomic mass is 10.0. The molecule has 3 heterocycles. The van der Waals surface area contributed by atoms with Crippen molar-refractivity contribution in [1.82, 2.24) is 19.7 Å². The first-order valence-corrected chi connectivity index (χ1v) is 10.4. The monoisotopic (exact) mass is 451 g/mol. The van der Waals surface area contributed by atoms with Crippen molar-refractivity contribution in [1.29, 1.82) is 0 Å². The molecule has 0 radical (unpaired) electrons. The van der Waals surface area contributed by atoms with Gasteiger partial charge in [-0.15, -0.1) is 36.2 Å². The second-order valence-corrected chi connectivity index (χ2v) is 8.11. The normalized spacial score (nSPS) is 20.3. The minimum atomic E-state index is -0.0137. The van der Waals surface area contributed by atoms with Gasteiger partial charge in [-0.2, -0.15) is 0 Å². The topological polar surface area (TPSA) is 82.8 Å². The molecule has 1 aromatic rings. The molecule has 2 N–H and O–H groups in total. The quantitative estimate of drug-likeness (QED) is 0.735. The number of halogens is 2. The zero-order chi connectivity index (χ0) is 18.5. The van der Waals surface area contributed by atoms with E-state index in [1.165, 1.54) is 17.8 Å². The minimum Gasteiger partial charge on any atom is -0.339 e. The molecule has 10 heteroatoms. The highest BCUT2D eigenvalue weighted by Crippen LogP contribution is 2.17. The van der Waals surface area contributed by atoms with Crippen molar-refractivity contribution in [3.8, 4) is 0 Å². The number of rotatable bonds is 5. The van der Waals surface area contributed by atoms with Crippen LogP contribution < -0.4 is 5.73 Å². The largest absolute Gasteiger partial charge is 0.339 e. The standard InChI is InChI=1S/C18H29N5O2S.2ClH/c1-14-4-2-3-7-23(14)17(24)12-21-8-10-22(11-9-21)18(25)15-13-26-16(20-15)5-6-19;;/h13-14H,2-12,19H2,1H3;2*1H. The van der Waals surface area contributed by atoms with Crippen molar-refractivity contribution >= 4 is 48.0 Å². The molecule has 0 bridgehead atoms. The number of nitrogens with two attached hydrogens (primary N) is 1. The molecular weight excluding hydrogens is 421 g/mol. The van der Waals surface area contributed by atoms with Crippen molar-refractivity contribution in [3.05, 3.63) is 16.1 Å². The van der Waals surface area contributed by atoms with Crippen LogP contribution in [0.5, 0.6) is 0 Å². The van der Waals surface area contributed by atoms with E-state index in [2.05, 4.69) is 16.8 Å². The van der Waals surface area contributed by atoms with E-state index in [-0.39, 0.29) is 36.6 Å². The molecular formula is C18H31Cl2N5O2S. The van der Waals surface area contributed by atoms with Crippen LogP contribution in [0.2, 0.25) is 0 Å². The van der Waals surface area contributed by atoms with Gasteiger partial charge in [0.1, 0.15) is 5.69 Å².